The maximum atomic E-state index is 6.34. The molecule has 0 radical (unpaired) electrons. The number of hydrogen-bond acceptors (Lipinski definition) is 9. The first-order chi connectivity index (χ1) is 15.4. The zero-order chi connectivity index (χ0) is 21.3. The molecule has 0 spiro atoms. The Hall–Kier alpha value is -1.14. The molecule has 174 valence electrons. The van der Waals surface area contributed by atoms with Crippen molar-refractivity contribution < 1.29 is 37.9 Å². The van der Waals surface area contributed by atoms with Crippen molar-refractivity contribution in [3.8, 4) is 0 Å². The second-order valence-corrected chi connectivity index (χ2v) is 7.60. The topological polar surface area (TPSA) is 85.9 Å². The predicted octanol–water partition coefficient (Wildman–Crippen LogP) is 0.879. The molecule has 0 amide bonds. The number of ether oxygens (including phenoxy) is 8. The average Bonchev–Trinajstić information content (AvgIpc) is 2.83. The molecule has 0 saturated carbocycles. The molecule has 4 rings (SSSR count). The third-order valence-electron chi connectivity index (χ3n) is 5.51. The Balaban J connectivity index is 1.48. The first kappa shape index (κ1) is 23.0. The maximum Gasteiger partial charge on any atom is 0.186 e. The highest BCUT2D eigenvalue weighted by Gasteiger charge is 2.51. The second kappa shape index (κ2) is 12.2. The summed E-state index contributed by atoms with van der Waals surface area (Å²) >= 11 is 0. The van der Waals surface area contributed by atoms with Crippen LogP contribution in [0, 0.1) is 0 Å². The lowest BCUT2D eigenvalue weighted by Crippen LogP contribution is -2.63. The molecule has 0 aliphatic carbocycles. The highest BCUT2D eigenvalue weighted by atomic mass is 16.8. The fourth-order valence-corrected chi connectivity index (χ4v) is 3.99. The molecule has 3 aliphatic rings. The molecule has 1 N–H and O–H groups in total. The number of fused-ring (bicyclic) bond motifs is 3. The van der Waals surface area contributed by atoms with E-state index in [0.717, 1.165) is 18.7 Å². The van der Waals surface area contributed by atoms with E-state index in [9.17, 15) is 0 Å². The maximum absolute atomic E-state index is 6.34. The van der Waals surface area contributed by atoms with E-state index in [4.69, 9.17) is 37.9 Å². The van der Waals surface area contributed by atoms with Gasteiger partial charge in [0.2, 0.25) is 0 Å². The van der Waals surface area contributed by atoms with Crippen LogP contribution >= 0.6 is 0 Å². The van der Waals surface area contributed by atoms with Gasteiger partial charge in [0.15, 0.2) is 12.6 Å². The largest absolute Gasteiger partial charge is 0.378 e. The molecule has 0 unspecified atom stereocenters. The molecule has 1 aromatic rings. The summed E-state index contributed by atoms with van der Waals surface area (Å²) in [4.78, 5) is 0. The summed E-state index contributed by atoms with van der Waals surface area (Å²) in [6.07, 6.45) is -2.63. The van der Waals surface area contributed by atoms with Gasteiger partial charge in [-0.1, -0.05) is 30.3 Å². The van der Waals surface area contributed by atoms with Gasteiger partial charge in [-0.05, 0) is 0 Å². The second-order valence-electron chi connectivity index (χ2n) is 7.60. The monoisotopic (exact) mass is 439 g/mol. The Morgan fingerprint density at radius 1 is 0.774 bits per heavy atom. The molecule has 0 aromatic heterocycles. The summed E-state index contributed by atoms with van der Waals surface area (Å²) < 4.78 is 47.7. The molecule has 9 nitrogen and oxygen atoms in total. The Labute approximate surface area is 183 Å². The fourth-order valence-electron chi connectivity index (χ4n) is 3.99. The van der Waals surface area contributed by atoms with Crippen molar-refractivity contribution in [2.24, 2.45) is 0 Å². The molecule has 6 atom stereocenters. The normalized spacial score (nSPS) is 36.4. The molecule has 3 saturated heterocycles. The summed E-state index contributed by atoms with van der Waals surface area (Å²) in [5.41, 5.74) is 0.952. The Kier molecular flexibility index (Phi) is 9.06. The molecule has 3 fully saturated rings. The number of hydrogen-bond donors (Lipinski definition) is 1. The van der Waals surface area contributed by atoms with Crippen LogP contribution in [0.5, 0.6) is 0 Å². The molecule has 31 heavy (non-hydrogen) atoms. The molecular weight excluding hydrogens is 406 g/mol. The number of benzene rings is 1. The minimum Gasteiger partial charge on any atom is -0.378 e. The van der Waals surface area contributed by atoms with Crippen molar-refractivity contribution >= 4 is 0 Å². The first-order valence-electron chi connectivity index (χ1n) is 11.0. The van der Waals surface area contributed by atoms with Crippen molar-refractivity contribution in [1.82, 2.24) is 5.32 Å². The lowest BCUT2D eigenvalue weighted by molar-refractivity contribution is -0.368. The van der Waals surface area contributed by atoms with Gasteiger partial charge < -0.3 is 43.2 Å². The van der Waals surface area contributed by atoms with Crippen LogP contribution in [0.3, 0.4) is 0 Å². The van der Waals surface area contributed by atoms with Crippen LogP contribution in [0.1, 0.15) is 11.9 Å². The van der Waals surface area contributed by atoms with Gasteiger partial charge in [-0.3, -0.25) is 0 Å². The van der Waals surface area contributed by atoms with Gasteiger partial charge in [0.05, 0.1) is 46.2 Å². The summed E-state index contributed by atoms with van der Waals surface area (Å²) in [6, 6.07) is 9.86. The van der Waals surface area contributed by atoms with E-state index >= 15 is 0 Å². The van der Waals surface area contributed by atoms with Gasteiger partial charge in [-0.2, -0.15) is 0 Å². The molecule has 3 aliphatic heterocycles. The number of rotatable bonds is 2. The zero-order valence-electron chi connectivity index (χ0n) is 18.0. The highest BCUT2D eigenvalue weighted by molar-refractivity contribution is 5.16. The lowest BCUT2D eigenvalue weighted by Gasteiger charge is -2.48. The summed E-state index contributed by atoms with van der Waals surface area (Å²) in [5, 5.41) is 3.27. The van der Waals surface area contributed by atoms with Crippen LogP contribution in [-0.2, 0) is 37.9 Å². The minimum atomic E-state index is -0.593. The summed E-state index contributed by atoms with van der Waals surface area (Å²) in [7, 11) is 1.60. The van der Waals surface area contributed by atoms with Crippen LogP contribution < -0.4 is 5.32 Å². The third-order valence-corrected chi connectivity index (χ3v) is 5.51. The van der Waals surface area contributed by atoms with Crippen molar-refractivity contribution in [1.29, 1.82) is 0 Å². The SMILES string of the molecule is CO[C@H]1O[C@@H]2CO[C@@H](c3ccccc3)O[C@H]2[C@@H]2OCCOCCNCCOCCO[C@H]12. The molecule has 9 heteroatoms. The zero-order valence-corrected chi connectivity index (χ0v) is 18.0. The van der Waals surface area contributed by atoms with Crippen molar-refractivity contribution in [3.05, 3.63) is 35.9 Å². The van der Waals surface area contributed by atoms with E-state index < -0.39 is 24.8 Å². The van der Waals surface area contributed by atoms with E-state index in [-0.39, 0.29) is 12.2 Å². The van der Waals surface area contributed by atoms with E-state index in [2.05, 4.69) is 5.32 Å². The lowest BCUT2D eigenvalue weighted by atomic mass is 9.97. The molecule has 0 bridgehead atoms. The summed E-state index contributed by atoms with van der Waals surface area (Å²) in [5.74, 6) is 0. The van der Waals surface area contributed by atoms with Crippen molar-refractivity contribution in [2.75, 3.05) is 66.4 Å². The van der Waals surface area contributed by atoms with Crippen LogP contribution in [0.2, 0.25) is 0 Å². The first-order valence-corrected chi connectivity index (χ1v) is 11.0. The molecular formula is C22H33NO8. The van der Waals surface area contributed by atoms with Gasteiger partial charge in [-0.25, -0.2) is 0 Å². The van der Waals surface area contributed by atoms with Gasteiger partial charge >= 0.3 is 0 Å². The number of methoxy groups -OCH3 is 1. The van der Waals surface area contributed by atoms with E-state index in [1.165, 1.54) is 0 Å². The predicted molar refractivity (Wildman–Crippen MR) is 110 cm³/mol. The highest BCUT2D eigenvalue weighted by Crippen LogP contribution is 2.36. The van der Waals surface area contributed by atoms with Crippen LogP contribution in [0.4, 0.5) is 0 Å². The van der Waals surface area contributed by atoms with Crippen molar-refractivity contribution in [2.45, 2.75) is 37.0 Å². The van der Waals surface area contributed by atoms with Gasteiger partial charge in [0.25, 0.3) is 0 Å². The van der Waals surface area contributed by atoms with Crippen molar-refractivity contribution in [3.63, 3.8) is 0 Å². The van der Waals surface area contributed by atoms with Crippen LogP contribution in [0.15, 0.2) is 30.3 Å². The van der Waals surface area contributed by atoms with Crippen LogP contribution in [-0.4, -0.2) is 97.2 Å². The quantitative estimate of drug-likeness (QED) is 0.722. The van der Waals surface area contributed by atoms with Gasteiger partial charge in [-0.15, -0.1) is 0 Å². The Morgan fingerprint density at radius 2 is 1.48 bits per heavy atom. The van der Waals surface area contributed by atoms with E-state index in [0.29, 0.717) is 46.2 Å². The Bertz CT molecular complexity index is 635. The van der Waals surface area contributed by atoms with E-state index in [1.54, 1.807) is 7.11 Å². The van der Waals surface area contributed by atoms with Crippen LogP contribution in [0.25, 0.3) is 0 Å². The Morgan fingerprint density at radius 3 is 2.19 bits per heavy atom. The third kappa shape index (κ3) is 6.22. The van der Waals surface area contributed by atoms with Gasteiger partial charge in [0, 0.05) is 25.8 Å². The van der Waals surface area contributed by atoms with E-state index in [1.807, 2.05) is 30.3 Å². The van der Waals surface area contributed by atoms with Gasteiger partial charge in [0.1, 0.15) is 24.4 Å². The number of nitrogens with one attached hydrogen (secondary N) is 1. The fraction of sp³-hybridized carbons (Fsp3) is 0.727. The average molecular weight is 440 g/mol. The smallest absolute Gasteiger partial charge is 0.186 e. The minimum absolute atomic E-state index is 0.321. The summed E-state index contributed by atoms with van der Waals surface area (Å²) in [6.45, 7) is 4.93. The molecule has 1 aromatic carbocycles. The standard InChI is InChI=1S/C22H33NO8/c1-24-22-20-19(27-13-11-25-9-7-23-8-10-26-12-14-28-20)18-17(30-22)15-29-21(31-18)16-5-3-2-4-6-16/h2-6,17-23H,7-15H2,1H3/t17-,18-,19+,20+,21-,22+/m1/s1. The molecule has 3 heterocycles.